The molecule has 120 valence electrons. The monoisotopic (exact) mass is 314 g/mol. The number of benzene rings is 2. The van der Waals surface area contributed by atoms with Gasteiger partial charge in [-0.25, -0.2) is 0 Å². The van der Waals surface area contributed by atoms with E-state index in [-0.39, 0.29) is 11.6 Å². The van der Waals surface area contributed by atoms with Gasteiger partial charge in [0.15, 0.2) is 0 Å². The fourth-order valence-electron chi connectivity index (χ4n) is 2.19. The summed E-state index contributed by atoms with van der Waals surface area (Å²) in [6, 6.07) is 11.4. The van der Waals surface area contributed by atoms with E-state index in [2.05, 4.69) is 11.4 Å². The lowest BCUT2D eigenvalue weighted by Gasteiger charge is -2.09. The maximum Gasteiger partial charge on any atom is 0.269 e. The molecule has 2 rings (SSSR count). The van der Waals surface area contributed by atoms with Crippen LogP contribution in [0.4, 0.5) is 5.69 Å². The van der Waals surface area contributed by atoms with Crippen LogP contribution in [0.5, 0.6) is 5.75 Å². The van der Waals surface area contributed by atoms with Crippen LogP contribution in [-0.2, 0) is 0 Å². The highest BCUT2D eigenvalue weighted by Crippen LogP contribution is 2.16. The number of nitrogens with zero attached hydrogens (tertiary/aromatic N) is 1. The lowest BCUT2D eigenvalue weighted by molar-refractivity contribution is -0.384. The number of ether oxygens (including phenoxy) is 1. The van der Waals surface area contributed by atoms with Crippen molar-refractivity contribution in [2.75, 3.05) is 13.2 Å². The zero-order valence-corrected chi connectivity index (χ0v) is 13.0. The first-order valence-corrected chi connectivity index (χ1v) is 7.19. The maximum atomic E-state index is 11.9. The highest BCUT2D eigenvalue weighted by molar-refractivity contribution is 5.94. The molecule has 0 spiro atoms. The van der Waals surface area contributed by atoms with Crippen molar-refractivity contribution < 1.29 is 14.5 Å². The Kier molecular flexibility index (Phi) is 5.30. The molecule has 0 heterocycles. The molecule has 2 aromatic rings. The molecular formula is C17H18N2O4. The fourth-order valence-corrected chi connectivity index (χ4v) is 2.19. The van der Waals surface area contributed by atoms with Gasteiger partial charge in [-0.2, -0.15) is 0 Å². The zero-order chi connectivity index (χ0) is 16.8. The van der Waals surface area contributed by atoms with Gasteiger partial charge in [-0.3, -0.25) is 14.9 Å². The van der Waals surface area contributed by atoms with Gasteiger partial charge >= 0.3 is 0 Å². The summed E-state index contributed by atoms with van der Waals surface area (Å²) in [5.74, 6) is 0.482. The molecule has 0 atom stereocenters. The van der Waals surface area contributed by atoms with E-state index in [9.17, 15) is 14.9 Å². The Morgan fingerprint density at radius 1 is 1.13 bits per heavy atom. The van der Waals surface area contributed by atoms with Gasteiger partial charge < -0.3 is 10.1 Å². The van der Waals surface area contributed by atoms with Crippen molar-refractivity contribution in [1.29, 1.82) is 0 Å². The molecule has 0 aliphatic rings. The molecule has 0 aromatic heterocycles. The first kappa shape index (κ1) is 16.5. The van der Waals surface area contributed by atoms with Crippen LogP contribution in [0.15, 0.2) is 42.5 Å². The van der Waals surface area contributed by atoms with E-state index in [1.165, 1.54) is 24.3 Å². The lowest BCUT2D eigenvalue weighted by Crippen LogP contribution is -2.28. The van der Waals surface area contributed by atoms with Crippen molar-refractivity contribution in [3.05, 3.63) is 69.3 Å². The number of nitrogens with one attached hydrogen (secondary N) is 1. The number of non-ortho nitro benzene ring substituents is 1. The molecule has 1 amide bonds. The third kappa shape index (κ3) is 4.81. The maximum absolute atomic E-state index is 11.9. The van der Waals surface area contributed by atoms with Crippen molar-refractivity contribution in [2.45, 2.75) is 13.8 Å². The molecule has 0 bridgehead atoms. The van der Waals surface area contributed by atoms with Crippen molar-refractivity contribution in [3.63, 3.8) is 0 Å². The highest BCUT2D eigenvalue weighted by atomic mass is 16.6. The molecule has 0 aliphatic heterocycles. The van der Waals surface area contributed by atoms with Crippen molar-refractivity contribution in [2.24, 2.45) is 0 Å². The number of carbonyl (C=O) groups excluding carboxylic acids is 1. The van der Waals surface area contributed by atoms with E-state index in [1.807, 2.05) is 26.0 Å². The Labute approximate surface area is 134 Å². The minimum atomic E-state index is -0.501. The second-order valence-corrected chi connectivity index (χ2v) is 5.23. The van der Waals surface area contributed by atoms with Crippen LogP contribution >= 0.6 is 0 Å². The summed E-state index contributed by atoms with van der Waals surface area (Å²) in [4.78, 5) is 22.0. The molecule has 0 fully saturated rings. The van der Waals surface area contributed by atoms with Crippen LogP contribution in [-0.4, -0.2) is 24.0 Å². The Hall–Kier alpha value is -2.89. The molecule has 0 radical (unpaired) electrons. The Balaban J connectivity index is 1.81. The SMILES string of the molecule is Cc1cc(C)cc(OCCNC(=O)c2ccc([N+](=O)[O-])cc2)c1. The topological polar surface area (TPSA) is 81.5 Å². The molecule has 1 N–H and O–H groups in total. The van der Waals surface area contributed by atoms with Gasteiger partial charge in [0.05, 0.1) is 11.5 Å². The Morgan fingerprint density at radius 2 is 1.74 bits per heavy atom. The number of nitro groups is 1. The minimum Gasteiger partial charge on any atom is -0.492 e. The third-order valence-corrected chi connectivity index (χ3v) is 3.19. The van der Waals surface area contributed by atoms with Crippen LogP contribution < -0.4 is 10.1 Å². The number of rotatable bonds is 6. The second kappa shape index (κ2) is 7.40. The first-order chi connectivity index (χ1) is 11.0. The molecule has 6 heteroatoms. The Bertz CT molecular complexity index is 691. The van der Waals surface area contributed by atoms with E-state index in [0.29, 0.717) is 18.7 Å². The largest absolute Gasteiger partial charge is 0.492 e. The van der Waals surface area contributed by atoms with Crippen molar-refractivity contribution >= 4 is 11.6 Å². The average molecular weight is 314 g/mol. The van der Waals surface area contributed by atoms with Gasteiger partial charge in [-0.15, -0.1) is 0 Å². The predicted molar refractivity (Wildman–Crippen MR) is 86.8 cm³/mol. The van der Waals surface area contributed by atoms with Crippen LogP contribution in [0.3, 0.4) is 0 Å². The molecule has 0 aliphatic carbocycles. The van der Waals surface area contributed by atoms with Gasteiger partial charge in [0.1, 0.15) is 12.4 Å². The van der Waals surface area contributed by atoms with Crippen molar-refractivity contribution in [3.8, 4) is 5.75 Å². The normalized spacial score (nSPS) is 10.2. The molecule has 6 nitrogen and oxygen atoms in total. The summed E-state index contributed by atoms with van der Waals surface area (Å²) in [5.41, 5.74) is 2.58. The standard InChI is InChI=1S/C17H18N2O4/c1-12-9-13(2)11-16(10-12)23-8-7-18-17(20)14-3-5-15(6-4-14)19(21)22/h3-6,9-11H,7-8H2,1-2H3,(H,18,20). The fraction of sp³-hybridized carbons (Fsp3) is 0.235. The van der Waals surface area contributed by atoms with Gasteiger partial charge in [0.25, 0.3) is 11.6 Å². The molecule has 2 aromatic carbocycles. The van der Waals surface area contributed by atoms with Crippen LogP contribution in [0.25, 0.3) is 0 Å². The number of hydrogen-bond donors (Lipinski definition) is 1. The summed E-state index contributed by atoms with van der Waals surface area (Å²) in [7, 11) is 0. The summed E-state index contributed by atoms with van der Waals surface area (Å²) >= 11 is 0. The van der Waals surface area contributed by atoms with Gasteiger partial charge in [0, 0.05) is 17.7 Å². The van der Waals surface area contributed by atoms with Crippen molar-refractivity contribution in [1.82, 2.24) is 5.32 Å². The van der Waals surface area contributed by atoms with E-state index < -0.39 is 4.92 Å². The zero-order valence-electron chi connectivity index (χ0n) is 13.0. The van der Waals surface area contributed by atoms with E-state index in [0.717, 1.165) is 16.9 Å². The van der Waals surface area contributed by atoms with E-state index in [1.54, 1.807) is 0 Å². The summed E-state index contributed by atoms with van der Waals surface area (Å²) in [5, 5.41) is 13.3. The first-order valence-electron chi connectivity index (χ1n) is 7.19. The van der Waals surface area contributed by atoms with Gasteiger partial charge in [-0.05, 0) is 49.2 Å². The highest BCUT2D eigenvalue weighted by Gasteiger charge is 2.08. The minimum absolute atomic E-state index is 0.0419. The second-order valence-electron chi connectivity index (χ2n) is 5.23. The number of nitro benzene ring substituents is 1. The number of amides is 1. The molecule has 23 heavy (non-hydrogen) atoms. The molecule has 0 unspecified atom stereocenters. The Morgan fingerprint density at radius 3 is 2.30 bits per heavy atom. The quantitative estimate of drug-likeness (QED) is 0.505. The molecule has 0 saturated carbocycles. The summed E-state index contributed by atoms with van der Waals surface area (Å²) in [6.07, 6.45) is 0. The van der Waals surface area contributed by atoms with E-state index in [4.69, 9.17) is 4.74 Å². The van der Waals surface area contributed by atoms with Crippen LogP contribution in [0.1, 0.15) is 21.5 Å². The van der Waals surface area contributed by atoms with Crippen LogP contribution in [0, 0.1) is 24.0 Å². The number of carbonyl (C=O) groups is 1. The summed E-state index contributed by atoms with van der Waals surface area (Å²) in [6.45, 7) is 4.69. The third-order valence-electron chi connectivity index (χ3n) is 3.19. The smallest absolute Gasteiger partial charge is 0.269 e. The van der Waals surface area contributed by atoms with Crippen LogP contribution in [0.2, 0.25) is 0 Å². The lowest BCUT2D eigenvalue weighted by atomic mass is 10.1. The average Bonchev–Trinajstić information content (AvgIpc) is 2.50. The summed E-state index contributed by atoms with van der Waals surface area (Å²) < 4.78 is 5.60. The number of aryl methyl sites for hydroxylation is 2. The molecule has 0 saturated heterocycles. The number of hydrogen-bond acceptors (Lipinski definition) is 4. The molecular weight excluding hydrogens is 296 g/mol. The van der Waals surface area contributed by atoms with Gasteiger partial charge in [-0.1, -0.05) is 6.07 Å². The van der Waals surface area contributed by atoms with E-state index >= 15 is 0 Å². The van der Waals surface area contributed by atoms with Gasteiger partial charge in [0.2, 0.25) is 0 Å². The predicted octanol–water partition coefficient (Wildman–Crippen LogP) is 3.02.